The lowest BCUT2D eigenvalue weighted by Crippen LogP contribution is -2.39. The second kappa shape index (κ2) is 8.03. The van der Waals surface area contributed by atoms with Crippen LogP contribution in [-0.2, 0) is 18.4 Å². The van der Waals surface area contributed by atoms with Crippen LogP contribution in [0.5, 0.6) is 11.5 Å². The molecule has 0 aliphatic carbocycles. The molecule has 1 fully saturated rings. The van der Waals surface area contributed by atoms with Gasteiger partial charge in [-0.15, -0.1) is 0 Å². The number of likely N-dealkylation sites (tertiary alicyclic amines) is 1. The zero-order valence-electron chi connectivity index (χ0n) is 17.1. The third-order valence-electron chi connectivity index (χ3n) is 5.78. The molecule has 2 aliphatic heterocycles. The van der Waals surface area contributed by atoms with Crippen LogP contribution in [-0.4, -0.2) is 46.1 Å². The second-order valence-electron chi connectivity index (χ2n) is 7.84. The highest BCUT2D eigenvalue weighted by Gasteiger charge is 2.37. The van der Waals surface area contributed by atoms with E-state index in [1.165, 1.54) is 0 Å². The lowest BCUT2D eigenvalue weighted by Gasteiger charge is -2.24. The van der Waals surface area contributed by atoms with Crippen LogP contribution in [0.15, 0.2) is 54.7 Å². The minimum atomic E-state index is -1.04. The van der Waals surface area contributed by atoms with Gasteiger partial charge in [0.05, 0.1) is 11.7 Å². The number of nitrogens with one attached hydrogen (secondary N) is 1. The molecule has 7 nitrogen and oxygen atoms in total. The fourth-order valence-electron chi connectivity index (χ4n) is 4.24. The number of halogens is 1. The number of aromatic nitrogens is 2. The molecule has 31 heavy (non-hydrogen) atoms. The Morgan fingerprint density at radius 2 is 2.03 bits per heavy atom. The Morgan fingerprint density at radius 1 is 1.19 bits per heavy atom. The van der Waals surface area contributed by atoms with E-state index in [4.69, 9.17) is 9.47 Å². The normalized spacial score (nSPS) is 20.2. The lowest BCUT2D eigenvalue weighted by molar-refractivity contribution is -0.120. The van der Waals surface area contributed by atoms with E-state index < -0.39 is 12.2 Å². The summed E-state index contributed by atoms with van der Waals surface area (Å²) >= 11 is 0. The van der Waals surface area contributed by atoms with Crippen molar-refractivity contribution in [1.29, 1.82) is 0 Å². The molecule has 8 heteroatoms. The highest BCUT2D eigenvalue weighted by atomic mass is 19.1. The van der Waals surface area contributed by atoms with E-state index in [0.717, 1.165) is 16.8 Å². The van der Waals surface area contributed by atoms with Gasteiger partial charge in [-0.05, 0) is 29.8 Å². The number of carbonyl (C=O) groups is 1. The first-order valence-electron chi connectivity index (χ1n) is 10.2. The molecule has 1 unspecified atom stereocenters. The maximum Gasteiger partial charge on any atom is 0.241 e. The summed E-state index contributed by atoms with van der Waals surface area (Å²) in [5.41, 5.74) is 3.56. The summed E-state index contributed by atoms with van der Waals surface area (Å²) in [6, 6.07) is 14.6. The number of alkyl halides is 1. The highest BCUT2D eigenvalue weighted by Crippen LogP contribution is 2.37. The van der Waals surface area contributed by atoms with Crippen molar-refractivity contribution in [3.63, 3.8) is 0 Å². The summed E-state index contributed by atoms with van der Waals surface area (Å²) in [6.07, 6.45) is 0.870. The van der Waals surface area contributed by atoms with Crippen LogP contribution in [0.3, 0.4) is 0 Å². The van der Waals surface area contributed by atoms with Crippen molar-refractivity contribution >= 4 is 11.6 Å². The number of fused-ring (bicyclic) bond motifs is 1. The van der Waals surface area contributed by atoms with Crippen molar-refractivity contribution in [2.24, 2.45) is 7.05 Å². The molecule has 5 rings (SSSR count). The molecule has 0 saturated carbocycles. The molecular weight excluding hydrogens is 399 g/mol. The van der Waals surface area contributed by atoms with Crippen LogP contribution in [0, 0.1) is 0 Å². The molecule has 0 radical (unpaired) electrons. The van der Waals surface area contributed by atoms with E-state index in [1.54, 1.807) is 10.9 Å². The summed E-state index contributed by atoms with van der Waals surface area (Å²) in [6.45, 7) is 0.809. The number of hydrogen-bond acceptors (Lipinski definition) is 5. The third-order valence-corrected chi connectivity index (χ3v) is 5.78. The second-order valence-corrected chi connectivity index (χ2v) is 7.84. The number of benzene rings is 2. The Balaban J connectivity index is 1.29. The first kappa shape index (κ1) is 19.6. The van der Waals surface area contributed by atoms with Gasteiger partial charge < -0.3 is 14.8 Å². The van der Waals surface area contributed by atoms with Crippen molar-refractivity contribution < 1.29 is 18.7 Å². The van der Waals surface area contributed by atoms with Crippen LogP contribution < -0.4 is 14.8 Å². The van der Waals surface area contributed by atoms with E-state index in [9.17, 15) is 9.18 Å². The van der Waals surface area contributed by atoms with Crippen LogP contribution in [0.1, 0.15) is 12.0 Å². The molecular formula is C23H23FN4O3. The Hall–Kier alpha value is -3.39. The smallest absolute Gasteiger partial charge is 0.241 e. The number of amides is 1. The Bertz CT molecular complexity index is 1100. The fourth-order valence-corrected chi connectivity index (χ4v) is 4.24. The van der Waals surface area contributed by atoms with Crippen LogP contribution >= 0.6 is 0 Å². The summed E-state index contributed by atoms with van der Waals surface area (Å²) in [5, 5.41) is 7.11. The average Bonchev–Trinajstić information content (AvgIpc) is 3.49. The van der Waals surface area contributed by atoms with Gasteiger partial charge in [-0.25, -0.2) is 4.39 Å². The average molecular weight is 422 g/mol. The van der Waals surface area contributed by atoms with Crippen molar-refractivity contribution in [1.82, 2.24) is 14.7 Å². The molecule has 2 atom stereocenters. The summed E-state index contributed by atoms with van der Waals surface area (Å²) in [7, 11) is 1.88. The molecule has 1 N–H and O–H groups in total. The first-order chi connectivity index (χ1) is 15.1. The third kappa shape index (κ3) is 3.86. The quantitative estimate of drug-likeness (QED) is 0.683. The molecule has 160 valence electrons. The molecule has 0 bridgehead atoms. The summed E-state index contributed by atoms with van der Waals surface area (Å²) < 4.78 is 27.0. The predicted octanol–water partition coefficient (Wildman–Crippen LogP) is 3.37. The minimum Gasteiger partial charge on any atom is -0.454 e. The summed E-state index contributed by atoms with van der Waals surface area (Å²) in [4.78, 5) is 14.8. The number of rotatable bonds is 5. The van der Waals surface area contributed by atoms with Crippen molar-refractivity contribution in [3.05, 3.63) is 60.3 Å². The number of para-hydroxylation sites is 1. The number of anilines is 1. The van der Waals surface area contributed by atoms with Gasteiger partial charge in [0, 0.05) is 44.0 Å². The number of ether oxygens (including phenoxy) is 2. The topological polar surface area (TPSA) is 68.6 Å². The predicted molar refractivity (Wildman–Crippen MR) is 114 cm³/mol. The number of hydrogen-bond donors (Lipinski definition) is 1. The van der Waals surface area contributed by atoms with Gasteiger partial charge in [0.1, 0.15) is 6.17 Å². The first-order valence-corrected chi connectivity index (χ1v) is 10.2. The summed E-state index contributed by atoms with van der Waals surface area (Å²) in [5.74, 6) is 1.15. The van der Waals surface area contributed by atoms with E-state index in [2.05, 4.69) is 10.4 Å². The van der Waals surface area contributed by atoms with E-state index in [1.807, 2.05) is 60.5 Å². The molecule has 2 aromatic carbocycles. The zero-order valence-corrected chi connectivity index (χ0v) is 17.1. The molecule has 1 saturated heterocycles. The van der Waals surface area contributed by atoms with Gasteiger partial charge in [0.15, 0.2) is 11.5 Å². The van der Waals surface area contributed by atoms with Crippen LogP contribution in [0.25, 0.3) is 11.3 Å². The standard InChI is InChI=1S/C23H23FN4O3/c1-27-19(9-10-25-27)15-5-7-18(8-6-15)26-23(29)20-11-17(24)13-28(20)12-16-3-2-4-21-22(16)31-14-30-21/h2-10,17,20H,11-14H2,1H3,(H,26,29)/t17?,20-/m1/s1. The number of carbonyl (C=O) groups excluding carboxylic acids is 1. The van der Waals surface area contributed by atoms with Crippen molar-refractivity contribution in [2.75, 3.05) is 18.7 Å². The van der Waals surface area contributed by atoms with Gasteiger partial charge in [-0.1, -0.05) is 24.3 Å². The Kier molecular flexibility index (Phi) is 5.07. The Morgan fingerprint density at radius 3 is 2.81 bits per heavy atom. The van der Waals surface area contributed by atoms with Crippen molar-refractivity contribution in [3.8, 4) is 22.8 Å². The van der Waals surface area contributed by atoms with Gasteiger partial charge in [0.25, 0.3) is 0 Å². The molecule has 1 amide bonds. The maximum absolute atomic E-state index is 14.3. The minimum absolute atomic E-state index is 0.172. The molecule has 0 spiro atoms. The number of aryl methyl sites for hydroxylation is 1. The lowest BCUT2D eigenvalue weighted by atomic mass is 10.1. The zero-order chi connectivity index (χ0) is 21.4. The molecule has 2 aliphatic rings. The monoisotopic (exact) mass is 422 g/mol. The van der Waals surface area contributed by atoms with Crippen molar-refractivity contribution in [2.45, 2.75) is 25.2 Å². The van der Waals surface area contributed by atoms with Gasteiger partial charge in [-0.3, -0.25) is 14.4 Å². The molecule has 1 aromatic heterocycles. The van der Waals surface area contributed by atoms with Gasteiger partial charge >= 0.3 is 0 Å². The van der Waals surface area contributed by atoms with E-state index in [-0.39, 0.29) is 25.7 Å². The Labute approximate surface area is 179 Å². The number of nitrogens with zero attached hydrogens (tertiary/aromatic N) is 3. The largest absolute Gasteiger partial charge is 0.454 e. The van der Waals surface area contributed by atoms with Gasteiger partial charge in [-0.2, -0.15) is 5.10 Å². The molecule has 3 heterocycles. The SMILES string of the molecule is Cn1nccc1-c1ccc(NC(=O)[C@H]2CC(F)CN2Cc2cccc3c2OCO3)cc1. The highest BCUT2D eigenvalue weighted by molar-refractivity contribution is 5.95. The fraction of sp³-hybridized carbons (Fsp3) is 0.304. The van der Waals surface area contributed by atoms with Gasteiger partial charge in [0.2, 0.25) is 12.7 Å². The van der Waals surface area contributed by atoms with E-state index in [0.29, 0.717) is 23.7 Å². The van der Waals surface area contributed by atoms with Crippen LogP contribution in [0.2, 0.25) is 0 Å². The van der Waals surface area contributed by atoms with E-state index >= 15 is 0 Å². The van der Waals surface area contributed by atoms with Crippen LogP contribution in [0.4, 0.5) is 10.1 Å². The maximum atomic E-state index is 14.3. The molecule has 3 aromatic rings.